The number of anilines is 1. The monoisotopic (exact) mass is 268 g/mol. The average molecular weight is 268 g/mol. The smallest absolute Gasteiger partial charge is 0.229 e. The van der Waals surface area contributed by atoms with Crippen LogP contribution in [0.5, 0.6) is 0 Å². The van der Waals surface area contributed by atoms with Crippen molar-refractivity contribution in [3.05, 3.63) is 29.8 Å². The molecule has 2 atom stereocenters. The van der Waals surface area contributed by atoms with Crippen molar-refractivity contribution >= 4 is 11.6 Å². The van der Waals surface area contributed by atoms with Crippen molar-refractivity contribution in [2.24, 2.45) is 11.7 Å². The van der Waals surface area contributed by atoms with Gasteiger partial charge in [-0.3, -0.25) is 4.79 Å². The molecule has 0 aliphatic heterocycles. The van der Waals surface area contributed by atoms with E-state index in [1.165, 1.54) is 6.07 Å². The van der Waals surface area contributed by atoms with Gasteiger partial charge in [0.15, 0.2) is 0 Å². The van der Waals surface area contributed by atoms with Gasteiger partial charge in [-0.1, -0.05) is 25.3 Å². The molecule has 0 bridgehead atoms. The zero-order valence-electron chi connectivity index (χ0n) is 10.7. The second kappa shape index (κ2) is 6.10. The highest BCUT2D eigenvalue weighted by Gasteiger charge is 2.28. The van der Waals surface area contributed by atoms with Crippen molar-refractivity contribution in [2.45, 2.75) is 38.1 Å². The second-order valence-corrected chi connectivity index (χ2v) is 4.99. The zero-order chi connectivity index (χ0) is 13.8. The van der Waals surface area contributed by atoms with Gasteiger partial charge in [0, 0.05) is 6.04 Å². The van der Waals surface area contributed by atoms with Gasteiger partial charge in [-0.25, -0.2) is 8.78 Å². The first kappa shape index (κ1) is 13.9. The third kappa shape index (κ3) is 3.29. The van der Waals surface area contributed by atoms with Gasteiger partial charge in [0.25, 0.3) is 0 Å². The van der Waals surface area contributed by atoms with E-state index in [1.54, 1.807) is 0 Å². The zero-order valence-corrected chi connectivity index (χ0v) is 10.7. The summed E-state index contributed by atoms with van der Waals surface area (Å²) < 4.78 is 26.9. The topological polar surface area (TPSA) is 55.1 Å². The van der Waals surface area contributed by atoms with Gasteiger partial charge in [0.2, 0.25) is 5.91 Å². The molecule has 1 fully saturated rings. The Balaban J connectivity index is 2.11. The molecule has 19 heavy (non-hydrogen) atoms. The Morgan fingerprint density at radius 2 is 1.79 bits per heavy atom. The molecular weight excluding hydrogens is 250 g/mol. The molecule has 0 saturated heterocycles. The second-order valence-electron chi connectivity index (χ2n) is 4.99. The van der Waals surface area contributed by atoms with Gasteiger partial charge in [0.1, 0.15) is 17.3 Å². The van der Waals surface area contributed by atoms with Crippen LogP contribution in [0.2, 0.25) is 0 Å². The maximum Gasteiger partial charge on any atom is 0.229 e. The van der Waals surface area contributed by atoms with E-state index >= 15 is 0 Å². The van der Waals surface area contributed by atoms with Crippen molar-refractivity contribution in [3.8, 4) is 0 Å². The predicted octanol–water partition coefficient (Wildman–Crippen LogP) is 2.81. The number of carbonyl (C=O) groups excluding carboxylic acids is 1. The molecule has 1 aliphatic rings. The van der Waals surface area contributed by atoms with E-state index in [0.717, 1.165) is 37.8 Å². The molecule has 1 amide bonds. The highest BCUT2D eigenvalue weighted by molar-refractivity contribution is 5.93. The molecule has 3 N–H and O–H groups in total. The summed E-state index contributed by atoms with van der Waals surface area (Å²) in [6.45, 7) is 0. The number of halogens is 2. The summed E-state index contributed by atoms with van der Waals surface area (Å²) >= 11 is 0. The number of amides is 1. The molecule has 3 nitrogen and oxygen atoms in total. The van der Waals surface area contributed by atoms with Crippen molar-refractivity contribution in [2.75, 3.05) is 5.32 Å². The van der Waals surface area contributed by atoms with Gasteiger partial charge in [-0.15, -0.1) is 0 Å². The lowest BCUT2D eigenvalue weighted by Gasteiger charge is -2.20. The molecule has 0 spiro atoms. The largest absolute Gasteiger partial charge is 0.327 e. The van der Waals surface area contributed by atoms with E-state index in [9.17, 15) is 13.6 Å². The fourth-order valence-corrected chi connectivity index (χ4v) is 2.49. The Morgan fingerprint density at radius 3 is 2.47 bits per heavy atom. The summed E-state index contributed by atoms with van der Waals surface area (Å²) in [7, 11) is 0. The van der Waals surface area contributed by atoms with Crippen LogP contribution >= 0.6 is 0 Å². The molecule has 0 aromatic heterocycles. The molecular formula is C14H18F2N2O. The van der Waals surface area contributed by atoms with E-state index in [1.807, 2.05) is 0 Å². The molecule has 104 valence electrons. The Bertz CT molecular complexity index is 445. The van der Waals surface area contributed by atoms with E-state index < -0.39 is 17.5 Å². The number of carbonyl (C=O) groups is 1. The number of benzene rings is 1. The van der Waals surface area contributed by atoms with Gasteiger partial charge >= 0.3 is 0 Å². The van der Waals surface area contributed by atoms with Gasteiger partial charge in [-0.05, 0) is 25.0 Å². The molecule has 5 heteroatoms. The van der Waals surface area contributed by atoms with Gasteiger partial charge in [-0.2, -0.15) is 0 Å². The van der Waals surface area contributed by atoms with E-state index in [4.69, 9.17) is 5.73 Å². The number of hydrogen-bond acceptors (Lipinski definition) is 2. The minimum absolute atomic E-state index is 0.239. The Hall–Kier alpha value is -1.49. The average Bonchev–Trinajstić information content (AvgIpc) is 2.58. The standard InChI is InChI=1S/C14H18F2N2O/c15-10-6-4-7-11(16)13(10)18-14(19)9-5-2-1-3-8-12(9)17/h4,6-7,9,12H,1-3,5,8,17H2,(H,18,19). The maximum atomic E-state index is 13.5. The third-order valence-electron chi connectivity index (χ3n) is 3.62. The maximum absolute atomic E-state index is 13.5. The van der Waals surface area contributed by atoms with Crippen LogP contribution in [-0.4, -0.2) is 11.9 Å². The highest BCUT2D eigenvalue weighted by atomic mass is 19.1. The first-order valence-electron chi connectivity index (χ1n) is 6.60. The lowest BCUT2D eigenvalue weighted by molar-refractivity contribution is -0.120. The number of rotatable bonds is 2. The summed E-state index contributed by atoms with van der Waals surface area (Å²) in [5.74, 6) is -2.30. The molecule has 1 aromatic rings. The Kier molecular flexibility index (Phi) is 4.47. The Labute approximate surface area is 111 Å². The van der Waals surface area contributed by atoms with Crippen molar-refractivity contribution in [1.82, 2.24) is 0 Å². The molecule has 1 aliphatic carbocycles. The number of nitrogens with one attached hydrogen (secondary N) is 1. The van der Waals surface area contributed by atoms with Crippen LogP contribution < -0.4 is 11.1 Å². The first-order chi connectivity index (χ1) is 9.09. The summed E-state index contributed by atoms with van der Waals surface area (Å²) in [6.07, 6.45) is 4.41. The third-order valence-corrected chi connectivity index (χ3v) is 3.62. The molecule has 0 radical (unpaired) electrons. The van der Waals surface area contributed by atoms with Crippen LogP contribution in [0.1, 0.15) is 32.1 Å². The fraction of sp³-hybridized carbons (Fsp3) is 0.500. The molecule has 1 aromatic carbocycles. The molecule has 1 saturated carbocycles. The van der Waals surface area contributed by atoms with E-state index in [2.05, 4.69) is 5.32 Å². The summed E-state index contributed by atoms with van der Waals surface area (Å²) in [4.78, 5) is 12.1. The quantitative estimate of drug-likeness (QED) is 0.810. The van der Waals surface area contributed by atoms with E-state index in [0.29, 0.717) is 6.42 Å². The van der Waals surface area contributed by atoms with Crippen LogP contribution in [0.4, 0.5) is 14.5 Å². The summed E-state index contributed by atoms with van der Waals surface area (Å²) in [6, 6.07) is 3.26. The first-order valence-corrected chi connectivity index (χ1v) is 6.60. The van der Waals surface area contributed by atoms with E-state index in [-0.39, 0.29) is 17.6 Å². The highest BCUT2D eigenvalue weighted by Crippen LogP contribution is 2.25. The van der Waals surface area contributed by atoms with Crippen molar-refractivity contribution in [1.29, 1.82) is 0 Å². The van der Waals surface area contributed by atoms with Crippen molar-refractivity contribution < 1.29 is 13.6 Å². The predicted molar refractivity (Wildman–Crippen MR) is 69.5 cm³/mol. The van der Waals surface area contributed by atoms with Crippen LogP contribution in [0.25, 0.3) is 0 Å². The molecule has 2 rings (SSSR count). The van der Waals surface area contributed by atoms with Crippen molar-refractivity contribution in [3.63, 3.8) is 0 Å². The van der Waals surface area contributed by atoms with Crippen LogP contribution in [-0.2, 0) is 4.79 Å². The number of nitrogens with two attached hydrogens (primary N) is 1. The minimum atomic E-state index is -0.768. The van der Waals surface area contributed by atoms with Gasteiger partial charge < -0.3 is 11.1 Å². The SMILES string of the molecule is NC1CCCCCC1C(=O)Nc1c(F)cccc1F. The van der Waals surface area contributed by atoms with Crippen LogP contribution in [0, 0.1) is 17.6 Å². The van der Waals surface area contributed by atoms with Crippen LogP contribution in [0.3, 0.4) is 0 Å². The fourth-order valence-electron chi connectivity index (χ4n) is 2.49. The normalized spacial score (nSPS) is 23.7. The summed E-state index contributed by atoms with van der Waals surface area (Å²) in [5.41, 5.74) is 5.58. The molecule has 0 heterocycles. The van der Waals surface area contributed by atoms with Crippen LogP contribution in [0.15, 0.2) is 18.2 Å². The Morgan fingerprint density at radius 1 is 1.16 bits per heavy atom. The lowest BCUT2D eigenvalue weighted by Crippen LogP contribution is -2.38. The van der Waals surface area contributed by atoms with Gasteiger partial charge in [0.05, 0.1) is 5.92 Å². The molecule has 2 unspecified atom stereocenters. The lowest BCUT2D eigenvalue weighted by atomic mass is 9.94. The number of para-hydroxylation sites is 1. The summed E-state index contributed by atoms with van der Waals surface area (Å²) in [5, 5.41) is 2.34. The minimum Gasteiger partial charge on any atom is -0.327 e. The number of hydrogen-bond donors (Lipinski definition) is 2.